The number of methoxy groups -OCH3 is 1. The van der Waals surface area contributed by atoms with Crippen molar-refractivity contribution in [2.24, 2.45) is 11.8 Å². The summed E-state index contributed by atoms with van der Waals surface area (Å²) in [6, 6.07) is 14.9. The highest BCUT2D eigenvalue weighted by Gasteiger charge is 2.35. The van der Waals surface area contributed by atoms with Crippen molar-refractivity contribution in [2.45, 2.75) is 89.8 Å². The summed E-state index contributed by atoms with van der Waals surface area (Å²) in [6.07, 6.45) is -1.84. The van der Waals surface area contributed by atoms with Gasteiger partial charge < -0.3 is 51.4 Å². The van der Waals surface area contributed by atoms with Gasteiger partial charge in [-0.2, -0.15) is 0 Å². The van der Waals surface area contributed by atoms with E-state index in [9.17, 15) is 53.7 Å². The van der Waals surface area contributed by atoms with Crippen molar-refractivity contribution in [1.29, 1.82) is 0 Å². The number of hydrogen-bond donors (Lipinski definition) is 8. The Hall–Kier alpha value is -9.15. The number of thiazole rings is 6. The van der Waals surface area contributed by atoms with Crippen molar-refractivity contribution in [3.8, 4) is 43.4 Å². The second kappa shape index (κ2) is 29.0. The minimum atomic E-state index is -1.32. The summed E-state index contributed by atoms with van der Waals surface area (Å²) in [5.74, 6) is -5.96. The summed E-state index contributed by atoms with van der Waals surface area (Å²) in [4.78, 5) is 144. The molecule has 0 saturated heterocycles. The summed E-state index contributed by atoms with van der Waals surface area (Å²) in [7, 11) is 2.91. The zero-order chi connectivity index (χ0) is 66.5. The molecule has 8 N–H and O–H groups in total. The molecule has 6 amide bonds. The number of aromatic nitrogens is 7. The van der Waals surface area contributed by atoms with E-state index in [0.29, 0.717) is 88.7 Å². The van der Waals surface area contributed by atoms with Gasteiger partial charge in [0.1, 0.15) is 82.5 Å². The monoisotopic (exact) mass is 1390 g/mol. The average molecular weight is 1390 g/mol. The fourth-order valence-electron chi connectivity index (χ4n) is 10.4. The maximum absolute atomic E-state index is 14.5. The third-order valence-corrected chi connectivity index (χ3v) is 21.0. The van der Waals surface area contributed by atoms with Gasteiger partial charge in [0.25, 0.3) is 17.7 Å². The minimum absolute atomic E-state index is 0.0189. The molecule has 10 bridgehead atoms. The van der Waals surface area contributed by atoms with Crippen molar-refractivity contribution in [3.05, 3.63) is 141 Å². The highest BCUT2D eigenvalue weighted by atomic mass is 32.1. The first kappa shape index (κ1) is 66.3. The van der Waals surface area contributed by atoms with Crippen LogP contribution in [0.25, 0.3) is 43.4 Å². The number of nitrogens with one attached hydrogen (secondary N) is 5. The Bertz CT molecular complexity index is 4340. The lowest BCUT2D eigenvalue weighted by atomic mass is 9.87. The molecule has 4 atom stereocenters. The summed E-state index contributed by atoms with van der Waals surface area (Å²) in [5, 5.41) is 54.2. The van der Waals surface area contributed by atoms with Crippen molar-refractivity contribution in [3.63, 3.8) is 0 Å². The average Bonchev–Trinajstić information content (AvgIpc) is 1.62. The number of carboxylic acids is 2. The zero-order valence-electron chi connectivity index (χ0n) is 50.6. The van der Waals surface area contributed by atoms with Crippen LogP contribution in [-0.2, 0) is 30.5 Å². The Morgan fingerprint density at radius 2 is 1.39 bits per heavy atom. The number of aromatic carboxylic acids is 1. The van der Waals surface area contributed by atoms with Crippen molar-refractivity contribution < 1.29 is 63.1 Å². The van der Waals surface area contributed by atoms with Crippen LogP contribution in [-0.4, -0.2) is 125 Å². The molecule has 2 aromatic carbocycles. The topological polar surface area (TPSA) is 369 Å². The quantitative estimate of drug-likeness (QED) is 0.0532. The van der Waals surface area contributed by atoms with Gasteiger partial charge in [-0.3, -0.25) is 28.8 Å². The van der Waals surface area contributed by atoms with E-state index >= 15 is 0 Å². The van der Waals surface area contributed by atoms with Crippen LogP contribution in [0.5, 0.6) is 0 Å². The molecule has 8 heterocycles. The highest BCUT2D eigenvalue weighted by molar-refractivity contribution is 7.15. The first-order valence-corrected chi connectivity index (χ1v) is 34.4. The van der Waals surface area contributed by atoms with Crippen molar-refractivity contribution >= 4 is 127 Å². The van der Waals surface area contributed by atoms with Crippen LogP contribution in [0.2, 0.25) is 0 Å². The van der Waals surface area contributed by atoms with Crippen LogP contribution in [0, 0.1) is 18.8 Å². The second-order valence-corrected chi connectivity index (χ2v) is 27.8. The molecule has 94 heavy (non-hydrogen) atoms. The minimum Gasteiger partial charge on any atom is -0.481 e. The van der Waals surface area contributed by atoms with Crippen LogP contribution in [0.15, 0.2) is 88.3 Å². The van der Waals surface area contributed by atoms with Gasteiger partial charge in [0.05, 0.1) is 59.4 Å². The van der Waals surface area contributed by atoms with Gasteiger partial charge in [-0.15, -0.1) is 68.0 Å². The summed E-state index contributed by atoms with van der Waals surface area (Å²) < 4.78 is 11.4. The normalized spacial score (nSPS) is 18.2. The second-order valence-electron chi connectivity index (χ2n) is 22.0. The van der Waals surface area contributed by atoms with E-state index in [2.05, 4.69) is 26.6 Å². The number of rotatable bonds is 13. The Morgan fingerprint density at radius 1 is 0.681 bits per heavy atom. The molecule has 26 nitrogen and oxygen atoms in total. The fraction of sp³-hybridized carbons (Fsp3) is 0.306. The first-order valence-electron chi connectivity index (χ1n) is 29.2. The van der Waals surface area contributed by atoms with E-state index in [4.69, 9.17) is 44.4 Å². The third kappa shape index (κ3) is 14.8. The Morgan fingerprint density at radius 3 is 2.13 bits per heavy atom. The number of aryl methyl sites for hydroxylation is 1. The number of nitrogens with zero attached hydrogens (tertiary/aromatic N) is 8. The van der Waals surface area contributed by atoms with E-state index in [0.717, 1.165) is 61.6 Å². The molecule has 0 spiro atoms. The molecule has 1 unspecified atom stereocenters. The van der Waals surface area contributed by atoms with Gasteiger partial charge in [-0.05, 0) is 74.4 Å². The maximum Gasteiger partial charge on any atom is 0.420 e. The Labute approximate surface area is 560 Å². The van der Waals surface area contributed by atoms with Gasteiger partial charge in [0.15, 0.2) is 5.82 Å². The van der Waals surface area contributed by atoms with Crippen LogP contribution in [0.4, 0.5) is 16.3 Å². The lowest BCUT2D eigenvalue weighted by Gasteiger charge is -2.28. The number of carboxylic acid groups (broad SMARTS) is 2. The largest absolute Gasteiger partial charge is 0.481 e. The molecule has 1 aliphatic heterocycles. The number of hydrogen-bond acceptors (Lipinski definition) is 24. The third-order valence-electron chi connectivity index (χ3n) is 15.3. The number of fused-ring (bicyclic) bond motifs is 14. The van der Waals surface area contributed by atoms with Crippen molar-refractivity contribution in [1.82, 2.24) is 61.5 Å². The highest BCUT2D eigenvalue weighted by Crippen LogP contribution is 2.41. The number of pyridine rings is 1. The summed E-state index contributed by atoms with van der Waals surface area (Å²) in [6.45, 7) is 4.87. The smallest absolute Gasteiger partial charge is 0.420 e. The predicted molar refractivity (Wildman–Crippen MR) is 352 cm³/mol. The Kier molecular flexibility index (Phi) is 20.5. The number of aliphatic carboxylic acids is 1. The van der Waals surface area contributed by atoms with Crippen LogP contribution in [0.3, 0.4) is 0 Å². The van der Waals surface area contributed by atoms with Gasteiger partial charge in [0.2, 0.25) is 11.8 Å². The molecular weight excluding hydrogens is 1330 g/mol. The van der Waals surface area contributed by atoms with Gasteiger partial charge in [0, 0.05) is 46.1 Å². The first-order chi connectivity index (χ1) is 45.2. The lowest BCUT2D eigenvalue weighted by Crippen LogP contribution is -2.40. The van der Waals surface area contributed by atoms with E-state index in [-0.39, 0.29) is 63.8 Å². The van der Waals surface area contributed by atoms with E-state index in [1.54, 1.807) is 70.9 Å². The van der Waals surface area contributed by atoms with Gasteiger partial charge in [-0.1, -0.05) is 50.2 Å². The maximum atomic E-state index is 14.5. The molecule has 9 aromatic rings. The molecular formula is C62H59N13O13S6. The molecule has 11 rings (SSSR count). The van der Waals surface area contributed by atoms with Crippen LogP contribution in [0.1, 0.15) is 142 Å². The standard InChI is InChI=1S/C62H59N13O13S6/c1-28(2)45-59-74-48(41(94-59)23-87-5)52(80)64-22-44(77)71-49(50(78)30-10-7-6-8-11-30)58-69-40(26-91-58)56-67-38(24-90-56)47-35(54-68-39(25-89-54)51(79)66-37(21-43(76)63-4)57-73-46(29(3)93-57)53(81)72-45)18-19-36(65-47)55-70-42(27-92-55)75(33-13-9-12-32(20-33)61(84)85)62(86)88-34-16-14-31(15-17-34)60(82)83/h6-13,18-20,24-28,31,34,37,45,49-50,78H,14-17,21-23H2,1-5H3,(H,63,76)(H,64,80)(H,66,79)(H,71,77)(H,72,81)(H,82,83)(H,84,85)/t31-,34-,37-,45?,49-,50-/m0/s1. The van der Waals surface area contributed by atoms with Gasteiger partial charge >= 0.3 is 18.0 Å². The predicted octanol–water partition coefficient (Wildman–Crippen LogP) is 9.93. The van der Waals surface area contributed by atoms with E-state index in [1.165, 1.54) is 49.8 Å². The molecule has 2 aliphatic rings. The van der Waals surface area contributed by atoms with E-state index in [1.807, 2.05) is 13.8 Å². The van der Waals surface area contributed by atoms with Crippen LogP contribution >= 0.6 is 68.0 Å². The molecule has 0 radical (unpaired) electrons. The zero-order valence-corrected chi connectivity index (χ0v) is 55.5. The molecule has 1 fully saturated rings. The number of aliphatic hydroxyl groups excluding tert-OH is 1. The van der Waals surface area contributed by atoms with Crippen molar-refractivity contribution in [2.75, 3.05) is 25.6 Å². The van der Waals surface area contributed by atoms with Gasteiger partial charge in [-0.25, -0.2) is 49.4 Å². The van der Waals surface area contributed by atoms with Crippen LogP contribution < -0.4 is 31.5 Å². The Balaban J connectivity index is 0.990. The molecule has 486 valence electrons. The summed E-state index contributed by atoms with van der Waals surface area (Å²) in [5.41, 5.74) is 2.20. The number of carbonyl (C=O) groups excluding carboxylic acids is 6. The number of carbonyl (C=O) groups is 8. The molecule has 7 aromatic heterocycles. The number of amides is 6. The fourth-order valence-corrected chi connectivity index (χ4v) is 15.9. The SMILES string of the molecule is CNC(=O)C[C@@H]1NC(=O)c2csc(n2)-c2ccc(-c3nc(N(C(=O)O[C@H]4CC[C@H](C(=O)O)CC4)c4cccc(C(=O)O)c4)cs3)nc2-c2csc(n2)-c2csc(n2)[C@H]([C@@H](O)c2ccccc2)NC(=O)CNC(=O)c2nc(sc2COC)C(C(C)C)NC(=O)c2nc1sc2C. The molecule has 1 aliphatic carbocycles. The van der Waals surface area contributed by atoms with E-state index < -0.39 is 90.4 Å². The number of aliphatic hydroxyl groups is 1. The molecule has 32 heteroatoms. The number of anilines is 2. The summed E-state index contributed by atoms with van der Waals surface area (Å²) >= 11 is 6.89. The lowest BCUT2D eigenvalue weighted by molar-refractivity contribution is -0.143. The number of benzene rings is 2. The number of ether oxygens (including phenoxy) is 2. The molecule has 1 saturated carbocycles.